The number of urea groups is 1. The van der Waals surface area contributed by atoms with Crippen molar-refractivity contribution in [2.45, 2.75) is 88.9 Å². The van der Waals surface area contributed by atoms with Crippen LogP contribution in [0.2, 0.25) is 0 Å². The van der Waals surface area contributed by atoms with Crippen LogP contribution >= 0.6 is 0 Å². The Bertz CT molecular complexity index is 357. The molecule has 5 heteroatoms. The molecule has 22 heavy (non-hydrogen) atoms. The molecule has 1 atom stereocenters. The minimum atomic E-state index is -0.794. The predicted octanol–water partition coefficient (Wildman–Crippen LogP) is 2.72. The highest BCUT2D eigenvalue weighted by Gasteiger charge is 2.38. The topological polar surface area (TPSA) is 70.6 Å². The predicted molar refractivity (Wildman–Crippen MR) is 86.9 cm³/mol. The maximum atomic E-state index is 12.1. The minimum absolute atomic E-state index is 0.00200. The number of ether oxygens (including phenoxy) is 1. The molecule has 0 aromatic carbocycles. The second kappa shape index (κ2) is 7.64. The number of amides is 2. The van der Waals surface area contributed by atoms with E-state index in [2.05, 4.69) is 10.6 Å². The van der Waals surface area contributed by atoms with Crippen LogP contribution in [-0.2, 0) is 4.74 Å². The van der Waals surface area contributed by atoms with Crippen LogP contribution in [0.3, 0.4) is 0 Å². The van der Waals surface area contributed by atoms with Crippen molar-refractivity contribution in [1.82, 2.24) is 10.6 Å². The van der Waals surface area contributed by atoms with E-state index in [9.17, 15) is 9.90 Å². The summed E-state index contributed by atoms with van der Waals surface area (Å²) in [7, 11) is 0. The van der Waals surface area contributed by atoms with E-state index in [4.69, 9.17) is 4.74 Å². The summed E-state index contributed by atoms with van der Waals surface area (Å²) < 4.78 is 6.06. The van der Waals surface area contributed by atoms with E-state index in [0.717, 1.165) is 32.3 Å². The van der Waals surface area contributed by atoms with Gasteiger partial charge in [-0.05, 0) is 38.5 Å². The first-order chi connectivity index (χ1) is 10.5. The zero-order chi connectivity index (χ0) is 16.1. The van der Waals surface area contributed by atoms with Gasteiger partial charge in [0.1, 0.15) is 0 Å². The molecule has 1 unspecified atom stereocenters. The molecule has 128 valence electrons. The Labute approximate surface area is 134 Å². The van der Waals surface area contributed by atoms with Gasteiger partial charge in [-0.15, -0.1) is 0 Å². The number of carbonyl (C=O) groups is 1. The molecule has 0 aromatic rings. The van der Waals surface area contributed by atoms with Gasteiger partial charge in [-0.2, -0.15) is 0 Å². The van der Waals surface area contributed by atoms with Gasteiger partial charge in [0.15, 0.2) is 0 Å². The largest absolute Gasteiger partial charge is 0.388 e. The number of hydrogen-bond donors (Lipinski definition) is 3. The Kier molecular flexibility index (Phi) is 6.09. The van der Waals surface area contributed by atoms with Crippen molar-refractivity contribution < 1.29 is 14.6 Å². The van der Waals surface area contributed by atoms with Gasteiger partial charge in [0, 0.05) is 19.2 Å². The smallest absolute Gasteiger partial charge is 0.315 e. The van der Waals surface area contributed by atoms with Crippen molar-refractivity contribution in [3.63, 3.8) is 0 Å². The maximum Gasteiger partial charge on any atom is 0.315 e. The second-order valence-corrected chi connectivity index (χ2v) is 7.04. The molecule has 1 saturated carbocycles. The molecule has 5 nitrogen and oxygen atoms in total. The molecule has 1 saturated heterocycles. The average molecular weight is 312 g/mol. The molecule has 0 aromatic heterocycles. The molecule has 0 radical (unpaired) electrons. The van der Waals surface area contributed by atoms with Gasteiger partial charge >= 0.3 is 6.03 Å². The Morgan fingerprint density at radius 1 is 1.27 bits per heavy atom. The van der Waals surface area contributed by atoms with Gasteiger partial charge in [0.25, 0.3) is 0 Å². The third kappa shape index (κ3) is 4.59. The van der Waals surface area contributed by atoms with E-state index in [-0.39, 0.29) is 17.7 Å². The summed E-state index contributed by atoms with van der Waals surface area (Å²) in [5.41, 5.74) is -0.792. The van der Waals surface area contributed by atoms with Crippen molar-refractivity contribution in [2.75, 3.05) is 13.2 Å². The molecule has 3 N–H and O–H groups in total. The highest BCUT2D eigenvalue weighted by molar-refractivity contribution is 5.74. The van der Waals surface area contributed by atoms with Crippen molar-refractivity contribution >= 4 is 6.03 Å². The van der Waals surface area contributed by atoms with Gasteiger partial charge in [-0.3, -0.25) is 0 Å². The quantitative estimate of drug-likeness (QED) is 0.731. The van der Waals surface area contributed by atoms with Crippen LogP contribution in [0.1, 0.15) is 71.6 Å². The zero-order valence-corrected chi connectivity index (χ0v) is 14.1. The number of nitrogens with one attached hydrogen (secondary N) is 2. The Morgan fingerprint density at radius 2 is 1.95 bits per heavy atom. The summed E-state index contributed by atoms with van der Waals surface area (Å²) in [6.45, 7) is 4.92. The summed E-state index contributed by atoms with van der Waals surface area (Å²) in [6, 6.07) is 0.0152. The fourth-order valence-electron chi connectivity index (χ4n) is 3.68. The average Bonchev–Trinajstić information content (AvgIpc) is 2.53. The van der Waals surface area contributed by atoms with Gasteiger partial charge in [-0.25, -0.2) is 4.79 Å². The van der Waals surface area contributed by atoms with E-state index in [1.54, 1.807) is 0 Å². The minimum Gasteiger partial charge on any atom is -0.388 e. The van der Waals surface area contributed by atoms with Crippen LogP contribution in [0.4, 0.5) is 4.79 Å². The van der Waals surface area contributed by atoms with Crippen molar-refractivity contribution in [3.8, 4) is 0 Å². The number of aliphatic hydroxyl groups is 1. The van der Waals surface area contributed by atoms with E-state index in [1.165, 1.54) is 19.3 Å². The lowest BCUT2D eigenvalue weighted by atomic mass is 9.78. The van der Waals surface area contributed by atoms with Crippen molar-refractivity contribution in [1.29, 1.82) is 0 Å². The van der Waals surface area contributed by atoms with Gasteiger partial charge in [-0.1, -0.05) is 33.1 Å². The van der Waals surface area contributed by atoms with E-state index < -0.39 is 5.60 Å². The molecular weight excluding hydrogens is 280 g/mol. The van der Waals surface area contributed by atoms with Gasteiger partial charge in [0.2, 0.25) is 0 Å². The second-order valence-electron chi connectivity index (χ2n) is 7.04. The molecule has 2 aliphatic rings. The molecule has 2 amide bonds. The molecular formula is C17H32N2O3. The normalized spacial score (nSPS) is 25.0. The van der Waals surface area contributed by atoms with Crippen LogP contribution in [0.25, 0.3) is 0 Å². The highest BCUT2D eigenvalue weighted by atomic mass is 16.5. The molecule has 1 aliphatic heterocycles. The first-order valence-corrected chi connectivity index (χ1v) is 8.91. The third-order valence-corrected chi connectivity index (χ3v) is 5.49. The fourth-order valence-corrected chi connectivity index (χ4v) is 3.68. The maximum absolute atomic E-state index is 12.1. The summed E-state index contributed by atoms with van der Waals surface area (Å²) in [5, 5.41) is 16.1. The van der Waals surface area contributed by atoms with Crippen LogP contribution in [0.5, 0.6) is 0 Å². The number of rotatable bonds is 5. The summed E-state index contributed by atoms with van der Waals surface area (Å²) in [4.78, 5) is 12.1. The molecule has 1 spiro atoms. The standard InChI is InChI=1S/C17H32N2O3/c1-3-16(21,4-2)13-18-15(20)19-14-8-11-22-17(12-14)9-6-5-7-10-17/h14,21H,3-13H2,1-2H3,(H2,18,19,20). The van der Waals surface area contributed by atoms with E-state index in [1.807, 2.05) is 13.8 Å². The molecule has 2 rings (SSSR count). The van der Waals surface area contributed by atoms with Crippen LogP contribution in [-0.4, -0.2) is 41.5 Å². The molecule has 2 fully saturated rings. The van der Waals surface area contributed by atoms with Crippen LogP contribution in [0.15, 0.2) is 0 Å². The van der Waals surface area contributed by atoms with Gasteiger partial charge < -0.3 is 20.5 Å². The summed E-state index contributed by atoms with van der Waals surface area (Å²) >= 11 is 0. The lowest BCUT2D eigenvalue weighted by Gasteiger charge is -2.43. The fraction of sp³-hybridized carbons (Fsp3) is 0.941. The summed E-state index contributed by atoms with van der Waals surface area (Å²) in [6.07, 6.45) is 9.10. The highest BCUT2D eigenvalue weighted by Crippen LogP contribution is 2.38. The summed E-state index contributed by atoms with van der Waals surface area (Å²) in [5.74, 6) is 0. The Hall–Kier alpha value is -0.810. The zero-order valence-electron chi connectivity index (χ0n) is 14.1. The lowest BCUT2D eigenvalue weighted by Crippen LogP contribution is -2.53. The SMILES string of the molecule is CCC(O)(CC)CNC(=O)NC1CCOC2(CCCCC2)C1. The lowest BCUT2D eigenvalue weighted by molar-refractivity contribution is -0.107. The Balaban J connectivity index is 1.78. The van der Waals surface area contributed by atoms with E-state index >= 15 is 0 Å². The molecule has 1 heterocycles. The monoisotopic (exact) mass is 312 g/mol. The third-order valence-electron chi connectivity index (χ3n) is 5.49. The van der Waals surface area contributed by atoms with E-state index in [0.29, 0.717) is 19.4 Å². The molecule has 1 aliphatic carbocycles. The number of hydrogen-bond acceptors (Lipinski definition) is 3. The molecule has 0 bridgehead atoms. The van der Waals surface area contributed by atoms with Crippen LogP contribution < -0.4 is 10.6 Å². The first-order valence-electron chi connectivity index (χ1n) is 8.91. The van der Waals surface area contributed by atoms with Crippen molar-refractivity contribution in [3.05, 3.63) is 0 Å². The van der Waals surface area contributed by atoms with Crippen LogP contribution in [0, 0.1) is 0 Å². The van der Waals surface area contributed by atoms with Crippen molar-refractivity contribution in [2.24, 2.45) is 0 Å². The Morgan fingerprint density at radius 3 is 2.59 bits per heavy atom. The van der Waals surface area contributed by atoms with Gasteiger partial charge in [0.05, 0.1) is 11.2 Å². The number of carbonyl (C=O) groups excluding carboxylic acids is 1. The first kappa shape index (κ1) is 17.5.